The van der Waals surface area contributed by atoms with Gasteiger partial charge in [-0.15, -0.1) is 0 Å². The molecule has 2 aliphatic heterocycles. The Bertz CT molecular complexity index is 1300. The Labute approximate surface area is 218 Å². The van der Waals surface area contributed by atoms with Gasteiger partial charge in [0, 0.05) is 41.0 Å². The number of rotatable bonds is 4. The summed E-state index contributed by atoms with van der Waals surface area (Å²) >= 11 is 18.2. The second-order valence-electron chi connectivity index (χ2n) is 9.08. The molecule has 1 aromatic heterocycles. The van der Waals surface area contributed by atoms with Crippen molar-refractivity contribution in [3.63, 3.8) is 0 Å². The van der Waals surface area contributed by atoms with Crippen molar-refractivity contribution < 1.29 is 9.18 Å². The highest BCUT2D eigenvalue weighted by Gasteiger charge is 2.46. The topological polar surface area (TPSA) is 36.4 Å². The summed E-state index contributed by atoms with van der Waals surface area (Å²) in [5.41, 5.74) is 3.19. The van der Waals surface area contributed by atoms with E-state index >= 15 is 0 Å². The Hall–Kier alpha value is -2.44. The number of nitrogens with zero attached hydrogens (tertiary/aromatic N) is 3. The number of likely N-dealkylation sites (tertiary alicyclic amines) is 1. The van der Waals surface area contributed by atoms with Crippen molar-refractivity contribution in [1.82, 2.24) is 9.88 Å². The normalized spacial score (nSPS) is 17.3. The van der Waals surface area contributed by atoms with Crippen LogP contribution in [-0.4, -0.2) is 42.0 Å². The molecule has 1 amide bonds. The van der Waals surface area contributed by atoms with E-state index < -0.39 is 5.82 Å². The van der Waals surface area contributed by atoms with Gasteiger partial charge in [0.2, 0.25) is 0 Å². The van der Waals surface area contributed by atoms with Gasteiger partial charge in [-0.25, -0.2) is 9.37 Å². The van der Waals surface area contributed by atoms with Crippen LogP contribution in [0.25, 0.3) is 6.08 Å². The maximum Gasteiger partial charge on any atom is 0.258 e. The largest absolute Gasteiger partial charge is 0.307 e. The average Bonchev–Trinajstić information content (AvgIpc) is 3.15. The summed E-state index contributed by atoms with van der Waals surface area (Å²) in [6.45, 7) is 3.14. The Morgan fingerprint density at radius 2 is 1.86 bits per heavy atom. The highest BCUT2D eigenvalue weighted by atomic mass is 35.5. The van der Waals surface area contributed by atoms with Crippen LogP contribution in [-0.2, 0) is 5.41 Å². The van der Waals surface area contributed by atoms with Crippen LogP contribution in [0.4, 0.5) is 10.1 Å². The van der Waals surface area contributed by atoms with Crippen LogP contribution in [0.1, 0.15) is 34.3 Å². The Morgan fingerprint density at radius 3 is 2.60 bits per heavy atom. The van der Waals surface area contributed by atoms with Crippen molar-refractivity contribution in [3.05, 3.63) is 98.5 Å². The number of fused-ring (bicyclic) bond motifs is 2. The van der Waals surface area contributed by atoms with Gasteiger partial charge >= 0.3 is 0 Å². The highest BCUT2D eigenvalue weighted by Crippen LogP contribution is 2.48. The van der Waals surface area contributed by atoms with Crippen LogP contribution < -0.4 is 4.90 Å². The van der Waals surface area contributed by atoms with Crippen molar-refractivity contribution in [1.29, 1.82) is 0 Å². The SMILES string of the molecule is O=C(c1ccnc(Cl)c1)N1CC2(CCN(CC=Cc3ccc(Cl)c(F)c3)CC2)c2cc(Cl)ccc21. The number of benzene rings is 2. The quantitative estimate of drug-likeness (QED) is 0.345. The molecule has 180 valence electrons. The summed E-state index contributed by atoms with van der Waals surface area (Å²) in [4.78, 5) is 21.6. The number of piperidine rings is 1. The van der Waals surface area contributed by atoms with E-state index in [4.69, 9.17) is 34.8 Å². The van der Waals surface area contributed by atoms with Gasteiger partial charge in [-0.1, -0.05) is 53.0 Å². The van der Waals surface area contributed by atoms with E-state index in [0.29, 0.717) is 22.3 Å². The van der Waals surface area contributed by atoms with Gasteiger partial charge in [-0.2, -0.15) is 0 Å². The summed E-state index contributed by atoms with van der Waals surface area (Å²) in [6.07, 6.45) is 7.32. The fourth-order valence-corrected chi connectivity index (χ4v) is 5.52. The molecule has 1 saturated heterocycles. The first-order valence-corrected chi connectivity index (χ1v) is 12.6. The minimum absolute atomic E-state index is 0.0877. The van der Waals surface area contributed by atoms with Crippen LogP contribution >= 0.6 is 34.8 Å². The van der Waals surface area contributed by atoms with Crippen molar-refractivity contribution in [2.24, 2.45) is 0 Å². The number of halogens is 4. The molecule has 3 heterocycles. The van der Waals surface area contributed by atoms with E-state index in [9.17, 15) is 9.18 Å². The van der Waals surface area contributed by atoms with Crippen molar-refractivity contribution in [2.75, 3.05) is 31.1 Å². The van der Waals surface area contributed by atoms with Gasteiger partial charge in [0.1, 0.15) is 11.0 Å². The number of amides is 1. The molecule has 5 rings (SSSR count). The van der Waals surface area contributed by atoms with E-state index in [1.54, 1.807) is 30.5 Å². The Kier molecular flexibility index (Phi) is 6.86. The number of anilines is 1. The van der Waals surface area contributed by atoms with Crippen molar-refractivity contribution >= 4 is 52.5 Å². The molecule has 3 aromatic rings. The predicted molar refractivity (Wildman–Crippen MR) is 140 cm³/mol. The first-order valence-electron chi connectivity index (χ1n) is 11.4. The van der Waals surface area contributed by atoms with Crippen molar-refractivity contribution in [2.45, 2.75) is 18.3 Å². The zero-order chi connectivity index (χ0) is 24.6. The van der Waals surface area contributed by atoms with Crippen LogP contribution in [0.15, 0.2) is 60.8 Å². The van der Waals surface area contributed by atoms with Gasteiger partial charge < -0.3 is 4.90 Å². The van der Waals surface area contributed by atoms with E-state index in [2.05, 4.69) is 9.88 Å². The average molecular weight is 531 g/mol. The summed E-state index contributed by atoms with van der Waals surface area (Å²) in [6, 6.07) is 13.9. The molecule has 2 aromatic carbocycles. The number of carbonyl (C=O) groups excluding carboxylic acids is 1. The second-order valence-corrected chi connectivity index (χ2v) is 10.3. The molecule has 0 atom stereocenters. The van der Waals surface area contributed by atoms with Gasteiger partial charge in [-0.3, -0.25) is 9.69 Å². The monoisotopic (exact) mass is 529 g/mol. The lowest BCUT2D eigenvalue weighted by Crippen LogP contribution is -2.46. The fourth-order valence-electron chi connectivity index (χ4n) is 5.06. The zero-order valence-corrected chi connectivity index (χ0v) is 21.1. The van der Waals surface area contributed by atoms with Gasteiger partial charge in [0.25, 0.3) is 5.91 Å². The first kappa shape index (κ1) is 24.3. The molecule has 4 nitrogen and oxygen atoms in total. The van der Waals surface area contributed by atoms with E-state index in [1.807, 2.05) is 35.3 Å². The van der Waals surface area contributed by atoms with E-state index in [1.165, 1.54) is 6.07 Å². The molecule has 0 N–H and O–H groups in total. The summed E-state index contributed by atoms with van der Waals surface area (Å²) in [5, 5.41) is 1.09. The fraction of sp³-hybridized carbons (Fsp3) is 0.259. The zero-order valence-electron chi connectivity index (χ0n) is 18.9. The minimum atomic E-state index is -0.416. The number of hydrogen-bond acceptors (Lipinski definition) is 3. The number of carbonyl (C=O) groups is 1. The standard InChI is InChI=1S/C27H23Cl3FN3O/c28-20-4-6-24-21(16-20)27(17-34(24)26(35)19-7-10-32-25(30)15-19)8-12-33(13-9-27)11-1-2-18-3-5-22(29)23(31)14-18/h1-7,10,14-16H,8-9,11-13,17H2. The summed E-state index contributed by atoms with van der Waals surface area (Å²) < 4.78 is 13.7. The lowest BCUT2D eigenvalue weighted by Gasteiger charge is -2.39. The lowest BCUT2D eigenvalue weighted by molar-refractivity contribution is 0.0977. The van der Waals surface area contributed by atoms with Gasteiger partial charge in [-0.05, 0) is 79.5 Å². The number of aromatic nitrogens is 1. The summed E-state index contributed by atoms with van der Waals surface area (Å²) in [7, 11) is 0. The highest BCUT2D eigenvalue weighted by molar-refractivity contribution is 6.31. The minimum Gasteiger partial charge on any atom is -0.307 e. The predicted octanol–water partition coefficient (Wildman–Crippen LogP) is 6.89. The van der Waals surface area contributed by atoms with E-state index in [0.717, 1.165) is 49.3 Å². The third kappa shape index (κ3) is 4.96. The number of hydrogen-bond donors (Lipinski definition) is 0. The molecule has 0 radical (unpaired) electrons. The van der Waals surface area contributed by atoms with E-state index in [-0.39, 0.29) is 16.3 Å². The third-order valence-corrected chi connectivity index (χ3v) is 7.68. The van der Waals surface area contributed by atoms with Gasteiger partial charge in [0.05, 0.1) is 5.02 Å². The Balaban J connectivity index is 1.31. The number of pyridine rings is 1. The molecule has 1 spiro atoms. The van der Waals surface area contributed by atoms with Crippen LogP contribution in [0.2, 0.25) is 15.2 Å². The first-order chi connectivity index (χ1) is 16.8. The molecule has 35 heavy (non-hydrogen) atoms. The third-order valence-electron chi connectivity index (χ3n) is 6.93. The second kappa shape index (κ2) is 9.90. The molecule has 0 saturated carbocycles. The summed E-state index contributed by atoms with van der Waals surface area (Å²) in [5.74, 6) is -0.504. The smallest absolute Gasteiger partial charge is 0.258 e. The molecule has 0 aliphatic carbocycles. The van der Waals surface area contributed by atoms with Crippen LogP contribution in [0.3, 0.4) is 0 Å². The molecular formula is C27H23Cl3FN3O. The van der Waals surface area contributed by atoms with Crippen LogP contribution in [0, 0.1) is 5.82 Å². The van der Waals surface area contributed by atoms with Crippen LogP contribution in [0.5, 0.6) is 0 Å². The molecule has 2 aliphatic rings. The lowest BCUT2D eigenvalue weighted by atomic mass is 9.74. The molecular weight excluding hydrogens is 508 g/mol. The Morgan fingerprint density at radius 1 is 1.06 bits per heavy atom. The molecule has 0 unspecified atom stereocenters. The van der Waals surface area contributed by atoms with Crippen molar-refractivity contribution in [3.8, 4) is 0 Å². The molecule has 1 fully saturated rings. The maximum absolute atomic E-state index is 13.7. The molecule has 0 bridgehead atoms. The maximum atomic E-state index is 13.7. The molecule has 8 heteroatoms. The van der Waals surface area contributed by atoms with Gasteiger partial charge in [0.15, 0.2) is 0 Å².